The lowest BCUT2D eigenvalue weighted by Crippen LogP contribution is -2.32. The van der Waals surface area contributed by atoms with Crippen molar-refractivity contribution < 1.29 is 4.79 Å². The third kappa shape index (κ3) is 3.99. The van der Waals surface area contributed by atoms with Crippen LogP contribution in [0.2, 0.25) is 0 Å². The van der Waals surface area contributed by atoms with Crippen LogP contribution in [0, 0.1) is 6.92 Å². The summed E-state index contributed by atoms with van der Waals surface area (Å²) in [6.45, 7) is 2.32. The second kappa shape index (κ2) is 7.85. The highest BCUT2D eigenvalue weighted by atomic mass is 35.5. The van der Waals surface area contributed by atoms with Crippen molar-refractivity contribution in [3.8, 4) is 0 Å². The van der Waals surface area contributed by atoms with Crippen LogP contribution < -0.4 is 15.9 Å². The molecule has 0 bridgehead atoms. The molecule has 3 N–H and O–H groups in total. The van der Waals surface area contributed by atoms with Crippen molar-refractivity contribution in [2.24, 2.45) is 0 Å². The van der Waals surface area contributed by atoms with E-state index in [-0.39, 0.29) is 29.2 Å². The van der Waals surface area contributed by atoms with Crippen LogP contribution in [-0.4, -0.2) is 10.5 Å². The average Bonchev–Trinajstić information content (AvgIpc) is 2.84. The molecule has 1 heterocycles. The van der Waals surface area contributed by atoms with E-state index < -0.39 is 0 Å². The molecule has 1 amide bonds. The van der Waals surface area contributed by atoms with Crippen molar-refractivity contribution in [3.05, 3.63) is 50.1 Å². The normalized spacial score (nSPS) is 16.1. The molecule has 1 aromatic heterocycles. The minimum absolute atomic E-state index is 0. The average molecular weight is 368 g/mol. The summed E-state index contributed by atoms with van der Waals surface area (Å²) in [7, 11) is 0. The number of nitrogens with zero attached hydrogens (tertiary/aromatic N) is 1. The minimum atomic E-state index is -0.0165. The first-order chi connectivity index (χ1) is 11.0. The molecule has 5 nitrogen and oxygen atoms in total. The standard InChI is InChI=1S/C17H21N3O2S.ClH/c1-11-10-23-17(22)20(11)8-7-16(21)19-15-4-2-3-12-9-13(18)5-6-14(12)15;/h5-6,9-10,15H,2-4,7-8,18H2,1H3,(H,19,21);1H. The van der Waals surface area contributed by atoms with Gasteiger partial charge in [0.15, 0.2) is 0 Å². The first-order valence-electron chi connectivity index (χ1n) is 7.87. The predicted octanol–water partition coefficient (Wildman–Crippen LogP) is 2.81. The van der Waals surface area contributed by atoms with Gasteiger partial charge in [-0.05, 0) is 49.4 Å². The maximum absolute atomic E-state index is 12.3. The van der Waals surface area contributed by atoms with Crippen LogP contribution in [0.25, 0.3) is 0 Å². The first kappa shape index (κ1) is 18.5. The van der Waals surface area contributed by atoms with Gasteiger partial charge in [-0.3, -0.25) is 9.59 Å². The molecule has 0 spiro atoms. The van der Waals surface area contributed by atoms with Crippen LogP contribution in [0.5, 0.6) is 0 Å². The zero-order chi connectivity index (χ0) is 16.4. The van der Waals surface area contributed by atoms with Gasteiger partial charge in [-0.15, -0.1) is 12.4 Å². The van der Waals surface area contributed by atoms with Crippen LogP contribution >= 0.6 is 23.7 Å². The molecule has 1 aliphatic rings. The van der Waals surface area contributed by atoms with Gasteiger partial charge >= 0.3 is 4.87 Å². The summed E-state index contributed by atoms with van der Waals surface area (Å²) in [5.74, 6) is -0.0165. The van der Waals surface area contributed by atoms with E-state index in [9.17, 15) is 9.59 Å². The number of hydrogen-bond acceptors (Lipinski definition) is 4. The quantitative estimate of drug-likeness (QED) is 0.816. The number of amides is 1. The van der Waals surface area contributed by atoms with Gasteiger partial charge in [0, 0.05) is 29.7 Å². The molecule has 3 rings (SSSR count). The second-order valence-electron chi connectivity index (χ2n) is 6.02. The van der Waals surface area contributed by atoms with Crippen molar-refractivity contribution >= 4 is 35.3 Å². The molecule has 7 heteroatoms. The van der Waals surface area contributed by atoms with Crippen molar-refractivity contribution in [3.63, 3.8) is 0 Å². The molecule has 24 heavy (non-hydrogen) atoms. The summed E-state index contributed by atoms with van der Waals surface area (Å²) in [5.41, 5.74) is 9.91. The number of carbonyl (C=O) groups is 1. The third-order valence-electron chi connectivity index (χ3n) is 4.36. The van der Waals surface area contributed by atoms with E-state index in [0.29, 0.717) is 13.0 Å². The Balaban J connectivity index is 0.00000208. The lowest BCUT2D eigenvalue weighted by Gasteiger charge is -2.26. The largest absolute Gasteiger partial charge is 0.399 e. The predicted molar refractivity (Wildman–Crippen MR) is 99.9 cm³/mol. The Kier molecular flexibility index (Phi) is 6.07. The van der Waals surface area contributed by atoms with E-state index in [2.05, 4.69) is 5.32 Å². The zero-order valence-electron chi connectivity index (χ0n) is 13.6. The van der Waals surface area contributed by atoms with Gasteiger partial charge in [0.05, 0.1) is 6.04 Å². The molecule has 130 valence electrons. The molecule has 0 aliphatic heterocycles. The van der Waals surface area contributed by atoms with Crippen molar-refractivity contribution in [1.29, 1.82) is 0 Å². The summed E-state index contributed by atoms with van der Waals surface area (Å²) in [4.78, 5) is 23.9. The molecular formula is C17H22ClN3O2S. The number of nitrogens with one attached hydrogen (secondary N) is 1. The van der Waals surface area contributed by atoms with Gasteiger partial charge in [-0.25, -0.2) is 0 Å². The van der Waals surface area contributed by atoms with E-state index in [1.807, 2.05) is 30.5 Å². The Morgan fingerprint density at radius 3 is 2.96 bits per heavy atom. The molecule has 0 fully saturated rings. The number of nitrogen functional groups attached to an aromatic ring is 1. The number of rotatable bonds is 4. The number of aromatic nitrogens is 1. The fourth-order valence-corrected chi connectivity index (χ4v) is 3.90. The topological polar surface area (TPSA) is 77.1 Å². The fraction of sp³-hybridized carbons (Fsp3) is 0.412. The molecule has 0 radical (unpaired) electrons. The zero-order valence-corrected chi connectivity index (χ0v) is 15.2. The van der Waals surface area contributed by atoms with Crippen molar-refractivity contribution in [2.45, 2.75) is 45.2 Å². The Bertz CT molecular complexity index is 784. The van der Waals surface area contributed by atoms with Gasteiger partial charge in [0.1, 0.15) is 0 Å². The van der Waals surface area contributed by atoms with Crippen LogP contribution in [0.3, 0.4) is 0 Å². The smallest absolute Gasteiger partial charge is 0.307 e. The van der Waals surface area contributed by atoms with Crippen LogP contribution in [0.15, 0.2) is 28.4 Å². The summed E-state index contributed by atoms with van der Waals surface area (Å²) < 4.78 is 1.65. The Labute approximate surface area is 151 Å². The minimum Gasteiger partial charge on any atom is -0.399 e. The van der Waals surface area contributed by atoms with Crippen molar-refractivity contribution in [1.82, 2.24) is 9.88 Å². The number of fused-ring (bicyclic) bond motifs is 1. The van der Waals surface area contributed by atoms with Crippen molar-refractivity contribution in [2.75, 3.05) is 5.73 Å². The summed E-state index contributed by atoms with van der Waals surface area (Å²) in [6, 6.07) is 5.95. The van der Waals surface area contributed by atoms with Crippen LogP contribution in [-0.2, 0) is 17.8 Å². The number of anilines is 1. The monoisotopic (exact) mass is 367 g/mol. The highest BCUT2D eigenvalue weighted by Crippen LogP contribution is 2.30. The molecule has 1 atom stereocenters. The van der Waals surface area contributed by atoms with E-state index in [0.717, 1.165) is 30.6 Å². The van der Waals surface area contributed by atoms with Crippen LogP contribution in [0.1, 0.15) is 42.1 Å². The molecule has 1 aromatic carbocycles. The van der Waals surface area contributed by atoms with Gasteiger partial charge in [0.2, 0.25) is 5.91 Å². The first-order valence-corrected chi connectivity index (χ1v) is 8.75. The van der Waals surface area contributed by atoms with Gasteiger partial charge in [0.25, 0.3) is 0 Å². The number of nitrogens with two attached hydrogens (primary N) is 1. The fourth-order valence-electron chi connectivity index (χ4n) is 3.14. The number of aryl methyl sites for hydroxylation is 2. The molecule has 1 unspecified atom stereocenters. The third-order valence-corrected chi connectivity index (χ3v) is 5.24. The number of thiazole rings is 1. The Morgan fingerprint density at radius 2 is 2.25 bits per heavy atom. The second-order valence-corrected chi connectivity index (χ2v) is 6.84. The number of benzene rings is 1. The van der Waals surface area contributed by atoms with Gasteiger partial charge in [-0.2, -0.15) is 0 Å². The molecule has 0 saturated heterocycles. The number of hydrogen-bond donors (Lipinski definition) is 2. The maximum atomic E-state index is 12.3. The highest BCUT2D eigenvalue weighted by molar-refractivity contribution is 7.07. The highest BCUT2D eigenvalue weighted by Gasteiger charge is 2.21. The number of carbonyl (C=O) groups excluding carboxylic acids is 1. The van der Waals surface area contributed by atoms with E-state index in [1.165, 1.54) is 22.5 Å². The van der Waals surface area contributed by atoms with Gasteiger partial charge < -0.3 is 15.6 Å². The maximum Gasteiger partial charge on any atom is 0.307 e. The molecular weight excluding hydrogens is 346 g/mol. The molecule has 1 aliphatic carbocycles. The SMILES string of the molecule is Cc1csc(=O)n1CCC(=O)NC1CCCc2cc(N)ccc21.Cl. The molecule has 2 aromatic rings. The van der Waals surface area contributed by atoms with E-state index in [4.69, 9.17) is 5.73 Å². The lowest BCUT2D eigenvalue weighted by molar-refractivity contribution is -0.122. The summed E-state index contributed by atoms with van der Waals surface area (Å²) in [5, 5.41) is 4.93. The van der Waals surface area contributed by atoms with E-state index in [1.54, 1.807) is 4.57 Å². The Morgan fingerprint density at radius 1 is 1.46 bits per heavy atom. The lowest BCUT2D eigenvalue weighted by atomic mass is 9.87. The summed E-state index contributed by atoms with van der Waals surface area (Å²) in [6.07, 6.45) is 3.32. The molecule has 0 saturated carbocycles. The number of halogens is 1. The Hall–Kier alpha value is -1.79. The summed E-state index contributed by atoms with van der Waals surface area (Å²) >= 11 is 1.17. The van der Waals surface area contributed by atoms with E-state index >= 15 is 0 Å². The van der Waals surface area contributed by atoms with Gasteiger partial charge in [-0.1, -0.05) is 17.4 Å². The van der Waals surface area contributed by atoms with Crippen LogP contribution in [0.4, 0.5) is 5.69 Å².